The van der Waals surface area contributed by atoms with Crippen LogP contribution in [0, 0.1) is 11.3 Å². The molecule has 1 aromatic rings. The van der Waals surface area contributed by atoms with E-state index in [4.69, 9.17) is 10.00 Å². The number of rotatable bonds is 9. The van der Waals surface area contributed by atoms with Crippen LogP contribution in [-0.2, 0) is 9.53 Å². The van der Waals surface area contributed by atoms with Crippen LogP contribution in [0.5, 0.6) is 0 Å². The third-order valence-electron chi connectivity index (χ3n) is 2.95. The predicted molar refractivity (Wildman–Crippen MR) is 87.9 cm³/mol. The fourth-order valence-corrected chi connectivity index (χ4v) is 1.76. The topological polar surface area (TPSA) is 91.2 Å². The van der Waals surface area contributed by atoms with Gasteiger partial charge in [0.05, 0.1) is 0 Å². The molecule has 2 N–H and O–H groups in total. The number of benzene rings is 1. The minimum Gasteiger partial charge on any atom is -0.390 e. The van der Waals surface area contributed by atoms with E-state index in [0.717, 1.165) is 6.42 Å². The second-order valence-electron chi connectivity index (χ2n) is 4.77. The molecule has 0 saturated carbocycles. The van der Waals surface area contributed by atoms with E-state index in [1.54, 1.807) is 24.3 Å². The number of ketones is 1. The Kier molecular flexibility index (Phi) is 8.11. The van der Waals surface area contributed by atoms with E-state index in [1.165, 1.54) is 13.1 Å². The van der Waals surface area contributed by atoms with Crippen molar-refractivity contribution >= 4 is 17.4 Å². The number of hydrogen-bond donors (Lipinski definition) is 2. The summed E-state index contributed by atoms with van der Waals surface area (Å²) in [5.74, 6) is -0.612. The van der Waals surface area contributed by atoms with E-state index in [1.807, 2.05) is 13.0 Å². The Balaban J connectivity index is 2.58. The first-order valence-electron chi connectivity index (χ1n) is 7.42. The summed E-state index contributed by atoms with van der Waals surface area (Å²) < 4.78 is 5.19. The molecule has 1 rings (SSSR count). The van der Waals surface area contributed by atoms with Gasteiger partial charge >= 0.3 is 0 Å². The molecule has 0 atom stereocenters. The molecule has 122 valence electrons. The van der Waals surface area contributed by atoms with Gasteiger partial charge in [0, 0.05) is 37.2 Å². The number of nitrogens with zero attached hydrogens (tertiary/aromatic N) is 1. The van der Waals surface area contributed by atoms with Gasteiger partial charge in [0.1, 0.15) is 11.6 Å². The summed E-state index contributed by atoms with van der Waals surface area (Å²) in [6, 6.07) is 8.43. The zero-order valence-corrected chi connectivity index (χ0v) is 13.4. The number of hydrogen-bond acceptors (Lipinski definition) is 5. The highest BCUT2D eigenvalue weighted by atomic mass is 16.5. The monoisotopic (exact) mass is 315 g/mol. The van der Waals surface area contributed by atoms with Gasteiger partial charge < -0.3 is 15.4 Å². The van der Waals surface area contributed by atoms with Gasteiger partial charge in [-0.15, -0.1) is 0 Å². The average Bonchev–Trinajstić information content (AvgIpc) is 2.54. The SMILES string of the molecule is CCOCCCN/C=C(/C#N)C(=O)Nc1cccc(C(C)=O)c1. The third kappa shape index (κ3) is 6.76. The summed E-state index contributed by atoms with van der Waals surface area (Å²) >= 11 is 0. The summed E-state index contributed by atoms with van der Waals surface area (Å²) in [6.45, 7) is 5.28. The number of Topliss-reactive ketones (excluding diaryl/α,β-unsaturated/α-hetero) is 1. The molecule has 1 aromatic carbocycles. The zero-order chi connectivity index (χ0) is 17.1. The van der Waals surface area contributed by atoms with Crippen molar-refractivity contribution in [1.29, 1.82) is 5.26 Å². The first kappa shape index (κ1) is 18.4. The van der Waals surface area contributed by atoms with Gasteiger partial charge in [0.25, 0.3) is 5.91 Å². The highest BCUT2D eigenvalue weighted by molar-refractivity contribution is 6.07. The number of carbonyl (C=O) groups is 2. The highest BCUT2D eigenvalue weighted by Crippen LogP contribution is 2.12. The van der Waals surface area contributed by atoms with Gasteiger partial charge in [0.2, 0.25) is 0 Å². The molecular weight excluding hydrogens is 294 g/mol. The molecule has 0 aliphatic heterocycles. The first-order valence-corrected chi connectivity index (χ1v) is 7.42. The lowest BCUT2D eigenvalue weighted by Crippen LogP contribution is -2.18. The number of amides is 1. The van der Waals surface area contributed by atoms with Gasteiger partial charge in [0.15, 0.2) is 5.78 Å². The van der Waals surface area contributed by atoms with Crippen LogP contribution in [0.1, 0.15) is 30.6 Å². The minimum absolute atomic E-state index is 0.0327. The van der Waals surface area contributed by atoms with Gasteiger partial charge in [-0.3, -0.25) is 9.59 Å². The maximum atomic E-state index is 12.0. The van der Waals surface area contributed by atoms with Crippen molar-refractivity contribution in [1.82, 2.24) is 5.32 Å². The first-order chi connectivity index (χ1) is 11.1. The van der Waals surface area contributed by atoms with E-state index in [-0.39, 0.29) is 11.4 Å². The quantitative estimate of drug-likeness (QED) is 0.316. The van der Waals surface area contributed by atoms with Crippen LogP contribution in [0.25, 0.3) is 0 Å². The van der Waals surface area contributed by atoms with Crippen molar-refractivity contribution in [3.05, 3.63) is 41.6 Å². The van der Waals surface area contributed by atoms with Crippen LogP contribution in [0.4, 0.5) is 5.69 Å². The molecule has 0 spiro atoms. The van der Waals surface area contributed by atoms with Crippen LogP contribution in [0.3, 0.4) is 0 Å². The number of carbonyl (C=O) groups excluding carboxylic acids is 2. The van der Waals surface area contributed by atoms with Crippen LogP contribution in [0.15, 0.2) is 36.0 Å². The molecule has 1 amide bonds. The smallest absolute Gasteiger partial charge is 0.267 e. The van der Waals surface area contributed by atoms with Crippen molar-refractivity contribution in [2.75, 3.05) is 25.1 Å². The average molecular weight is 315 g/mol. The Morgan fingerprint density at radius 1 is 1.39 bits per heavy atom. The summed E-state index contributed by atoms with van der Waals surface area (Å²) in [7, 11) is 0. The molecule has 6 heteroatoms. The van der Waals surface area contributed by atoms with Crippen LogP contribution in [0.2, 0.25) is 0 Å². The molecule has 0 bridgehead atoms. The van der Waals surface area contributed by atoms with Crippen LogP contribution < -0.4 is 10.6 Å². The van der Waals surface area contributed by atoms with Gasteiger partial charge in [-0.1, -0.05) is 12.1 Å². The fraction of sp³-hybridized carbons (Fsp3) is 0.353. The Morgan fingerprint density at radius 3 is 2.83 bits per heavy atom. The summed E-state index contributed by atoms with van der Waals surface area (Å²) in [4.78, 5) is 23.4. The summed E-state index contributed by atoms with van der Waals surface area (Å²) in [5, 5.41) is 14.6. The largest absolute Gasteiger partial charge is 0.390 e. The molecule has 23 heavy (non-hydrogen) atoms. The second-order valence-corrected chi connectivity index (χ2v) is 4.77. The Labute approximate surface area is 136 Å². The Hall–Kier alpha value is -2.65. The lowest BCUT2D eigenvalue weighted by molar-refractivity contribution is -0.112. The number of anilines is 1. The summed E-state index contributed by atoms with van der Waals surface area (Å²) in [5.41, 5.74) is 0.939. The molecule has 0 aromatic heterocycles. The normalized spacial score (nSPS) is 10.7. The molecule has 0 fully saturated rings. The highest BCUT2D eigenvalue weighted by Gasteiger charge is 2.10. The van der Waals surface area contributed by atoms with E-state index < -0.39 is 5.91 Å². The fourth-order valence-electron chi connectivity index (χ4n) is 1.76. The van der Waals surface area contributed by atoms with Gasteiger partial charge in [-0.25, -0.2) is 0 Å². The lowest BCUT2D eigenvalue weighted by atomic mass is 10.1. The third-order valence-corrected chi connectivity index (χ3v) is 2.95. The maximum absolute atomic E-state index is 12.0. The number of nitriles is 1. The van der Waals surface area contributed by atoms with Gasteiger partial charge in [-0.05, 0) is 32.4 Å². The van der Waals surface area contributed by atoms with Gasteiger partial charge in [-0.2, -0.15) is 5.26 Å². The van der Waals surface area contributed by atoms with E-state index >= 15 is 0 Å². The number of nitrogens with one attached hydrogen (secondary N) is 2. The van der Waals surface area contributed by atoms with Crippen molar-refractivity contribution in [3.8, 4) is 6.07 Å². The minimum atomic E-state index is -0.523. The Bertz CT molecular complexity index is 618. The van der Waals surface area contributed by atoms with E-state index in [2.05, 4.69) is 10.6 Å². The Morgan fingerprint density at radius 2 is 2.17 bits per heavy atom. The van der Waals surface area contributed by atoms with Crippen molar-refractivity contribution in [3.63, 3.8) is 0 Å². The molecule has 0 heterocycles. The van der Waals surface area contributed by atoms with Crippen LogP contribution >= 0.6 is 0 Å². The second kappa shape index (κ2) is 10.1. The van der Waals surface area contributed by atoms with E-state index in [9.17, 15) is 9.59 Å². The van der Waals surface area contributed by atoms with Crippen molar-refractivity contribution in [2.45, 2.75) is 20.3 Å². The zero-order valence-electron chi connectivity index (χ0n) is 13.4. The van der Waals surface area contributed by atoms with Crippen LogP contribution in [-0.4, -0.2) is 31.4 Å². The standard InChI is InChI=1S/C17H21N3O3/c1-3-23-9-5-8-19-12-15(11-18)17(22)20-16-7-4-6-14(10-16)13(2)21/h4,6-7,10,12,19H,3,5,8-9H2,1-2H3,(H,20,22)/b15-12-. The molecular formula is C17H21N3O3. The lowest BCUT2D eigenvalue weighted by Gasteiger charge is -2.06. The van der Waals surface area contributed by atoms with Crippen molar-refractivity contribution < 1.29 is 14.3 Å². The molecule has 0 aliphatic rings. The maximum Gasteiger partial charge on any atom is 0.267 e. The predicted octanol–water partition coefficient (Wildman–Crippen LogP) is 2.25. The molecule has 6 nitrogen and oxygen atoms in total. The molecule has 0 saturated heterocycles. The molecule has 0 aliphatic carbocycles. The molecule has 0 radical (unpaired) electrons. The van der Waals surface area contributed by atoms with E-state index in [0.29, 0.717) is 31.0 Å². The van der Waals surface area contributed by atoms with Crippen molar-refractivity contribution in [2.24, 2.45) is 0 Å². The number of ether oxygens (including phenoxy) is 1. The molecule has 0 unspecified atom stereocenters. The summed E-state index contributed by atoms with van der Waals surface area (Å²) in [6.07, 6.45) is 2.17.